The maximum atomic E-state index is 11.6. The van der Waals surface area contributed by atoms with E-state index in [9.17, 15) is 14.4 Å². The van der Waals surface area contributed by atoms with Crippen molar-refractivity contribution in [1.29, 1.82) is 0 Å². The van der Waals surface area contributed by atoms with Crippen LogP contribution in [0, 0.1) is 6.92 Å². The van der Waals surface area contributed by atoms with E-state index in [0.29, 0.717) is 10.2 Å². The first kappa shape index (κ1) is 13.4. The minimum Gasteiger partial charge on any atom is -0.480 e. The number of H-pyrrole nitrogens is 1. The average molecular weight is 303 g/mol. The van der Waals surface area contributed by atoms with Gasteiger partial charge < -0.3 is 15.4 Å². The molecule has 1 aromatic heterocycles. The largest absolute Gasteiger partial charge is 0.480 e. The van der Waals surface area contributed by atoms with E-state index >= 15 is 0 Å². The Hall–Kier alpha value is -1.63. The minimum atomic E-state index is -1.17. The number of pyridine rings is 1. The summed E-state index contributed by atoms with van der Waals surface area (Å²) in [6.45, 7) is 2.99. The fraction of sp³-hybridized carbons (Fsp3) is 0.300. The Bertz CT molecular complexity index is 524. The molecular formula is C10H11BrN2O4. The van der Waals surface area contributed by atoms with Gasteiger partial charge in [0.05, 0.1) is 0 Å². The van der Waals surface area contributed by atoms with E-state index in [2.05, 4.69) is 26.2 Å². The number of carbonyl (C=O) groups excluding carboxylic acids is 1. The second-order valence-electron chi connectivity index (χ2n) is 3.52. The number of hydrogen-bond donors (Lipinski definition) is 3. The van der Waals surface area contributed by atoms with Crippen molar-refractivity contribution in [3.05, 3.63) is 32.2 Å². The molecule has 92 valence electrons. The third-order valence-electron chi connectivity index (χ3n) is 2.14. The summed E-state index contributed by atoms with van der Waals surface area (Å²) in [4.78, 5) is 36.2. The van der Waals surface area contributed by atoms with Gasteiger partial charge in [0.2, 0.25) is 0 Å². The topological polar surface area (TPSA) is 99.3 Å². The van der Waals surface area contributed by atoms with E-state index in [1.54, 1.807) is 6.92 Å². The molecule has 0 saturated heterocycles. The summed E-state index contributed by atoms with van der Waals surface area (Å²) in [5.74, 6) is -1.89. The highest BCUT2D eigenvalue weighted by molar-refractivity contribution is 9.10. The number of amides is 1. The molecule has 0 radical (unpaired) electrons. The maximum Gasteiger partial charge on any atom is 0.325 e. The van der Waals surface area contributed by atoms with Crippen molar-refractivity contribution in [3.63, 3.8) is 0 Å². The molecule has 0 aliphatic carbocycles. The van der Waals surface area contributed by atoms with Gasteiger partial charge in [0.1, 0.15) is 11.6 Å². The summed E-state index contributed by atoms with van der Waals surface area (Å²) in [6.07, 6.45) is 0. The Morgan fingerprint density at radius 3 is 2.65 bits per heavy atom. The smallest absolute Gasteiger partial charge is 0.325 e. The molecule has 7 heteroatoms. The number of nitrogens with one attached hydrogen (secondary N) is 2. The normalized spacial score (nSPS) is 11.9. The van der Waals surface area contributed by atoms with Crippen LogP contribution in [0.1, 0.15) is 23.0 Å². The van der Waals surface area contributed by atoms with E-state index < -0.39 is 23.5 Å². The van der Waals surface area contributed by atoms with Crippen LogP contribution in [0.2, 0.25) is 0 Å². The number of carbonyl (C=O) groups is 2. The second-order valence-corrected chi connectivity index (χ2v) is 4.37. The van der Waals surface area contributed by atoms with E-state index in [1.165, 1.54) is 13.0 Å². The van der Waals surface area contributed by atoms with Crippen molar-refractivity contribution in [3.8, 4) is 0 Å². The van der Waals surface area contributed by atoms with Crippen LogP contribution in [0.15, 0.2) is 15.3 Å². The lowest BCUT2D eigenvalue weighted by Crippen LogP contribution is -2.40. The predicted octanol–water partition coefficient (Wildman–Crippen LogP) is 0.649. The van der Waals surface area contributed by atoms with Crippen LogP contribution in [-0.4, -0.2) is 28.0 Å². The molecule has 1 aromatic rings. The minimum absolute atomic E-state index is 0.129. The Morgan fingerprint density at radius 1 is 1.53 bits per heavy atom. The Balaban J connectivity index is 3.01. The number of carboxylic acids is 1. The van der Waals surface area contributed by atoms with Crippen LogP contribution >= 0.6 is 15.9 Å². The molecular weight excluding hydrogens is 292 g/mol. The highest BCUT2D eigenvalue weighted by Crippen LogP contribution is 2.12. The summed E-state index contributed by atoms with van der Waals surface area (Å²) in [6, 6.07) is 0.305. The fourth-order valence-corrected chi connectivity index (χ4v) is 1.43. The number of aryl methyl sites for hydroxylation is 1. The summed E-state index contributed by atoms with van der Waals surface area (Å²) >= 11 is 3.18. The van der Waals surface area contributed by atoms with Gasteiger partial charge in [-0.2, -0.15) is 0 Å². The molecule has 1 amide bonds. The molecule has 3 N–H and O–H groups in total. The molecule has 0 spiro atoms. The van der Waals surface area contributed by atoms with Gasteiger partial charge in [-0.3, -0.25) is 14.4 Å². The van der Waals surface area contributed by atoms with Crippen LogP contribution in [0.5, 0.6) is 0 Å². The van der Waals surface area contributed by atoms with Crippen molar-refractivity contribution < 1.29 is 14.7 Å². The number of halogens is 1. The quantitative estimate of drug-likeness (QED) is 0.763. The lowest BCUT2D eigenvalue weighted by Gasteiger charge is -2.09. The third kappa shape index (κ3) is 3.16. The first-order chi connectivity index (χ1) is 7.82. The molecule has 17 heavy (non-hydrogen) atoms. The molecule has 1 heterocycles. The number of rotatable bonds is 3. The lowest BCUT2D eigenvalue weighted by molar-refractivity contribution is -0.138. The van der Waals surface area contributed by atoms with Gasteiger partial charge in [-0.15, -0.1) is 0 Å². The average Bonchev–Trinajstić information content (AvgIpc) is 2.22. The molecule has 1 atom stereocenters. The van der Waals surface area contributed by atoms with Gasteiger partial charge in [0.25, 0.3) is 11.5 Å². The van der Waals surface area contributed by atoms with Crippen molar-refractivity contribution in [1.82, 2.24) is 10.3 Å². The standard InChI is InChI=1S/C10H11BrN2O4/c1-4-7(11)3-6(8(14)12-4)9(15)13-5(2)10(16)17/h3,5H,1-2H3,(H,12,14)(H,13,15)(H,16,17)/t5-/m0/s1. The van der Waals surface area contributed by atoms with Crippen molar-refractivity contribution in [2.45, 2.75) is 19.9 Å². The van der Waals surface area contributed by atoms with E-state index in [4.69, 9.17) is 5.11 Å². The molecule has 0 unspecified atom stereocenters. The van der Waals surface area contributed by atoms with Gasteiger partial charge >= 0.3 is 5.97 Å². The monoisotopic (exact) mass is 302 g/mol. The van der Waals surface area contributed by atoms with E-state index in [1.807, 2.05) is 0 Å². The highest BCUT2D eigenvalue weighted by Gasteiger charge is 2.18. The van der Waals surface area contributed by atoms with Gasteiger partial charge in [-0.25, -0.2) is 0 Å². The summed E-state index contributed by atoms with van der Waals surface area (Å²) in [5, 5.41) is 10.8. The van der Waals surface area contributed by atoms with Gasteiger partial charge in [0.15, 0.2) is 0 Å². The zero-order chi connectivity index (χ0) is 13.2. The zero-order valence-electron chi connectivity index (χ0n) is 9.20. The molecule has 0 saturated carbocycles. The molecule has 0 aromatic carbocycles. The van der Waals surface area contributed by atoms with Crippen LogP contribution in [0.4, 0.5) is 0 Å². The van der Waals surface area contributed by atoms with Crippen molar-refractivity contribution in [2.75, 3.05) is 0 Å². The lowest BCUT2D eigenvalue weighted by atomic mass is 10.2. The van der Waals surface area contributed by atoms with Crippen molar-refractivity contribution >= 4 is 27.8 Å². The van der Waals surface area contributed by atoms with Gasteiger partial charge in [-0.05, 0) is 35.8 Å². The molecule has 0 aliphatic heterocycles. The van der Waals surface area contributed by atoms with Gasteiger partial charge in [-0.1, -0.05) is 0 Å². The zero-order valence-corrected chi connectivity index (χ0v) is 10.8. The van der Waals surface area contributed by atoms with Crippen LogP contribution in [-0.2, 0) is 4.79 Å². The fourth-order valence-electron chi connectivity index (χ4n) is 1.10. The Morgan fingerprint density at radius 2 is 2.12 bits per heavy atom. The van der Waals surface area contributed by atoms with Gasteiger partial charge in [0, 0.05) is 10.2 Å². The van der Waals surface area contributed by atoms with E-state index in [0.717, 1.165) is 0 Å². The van der Waals surface area contributed by atoms with Crippen LogP contribution in [0.25, 0.3) is 0 Å². The summed E-state index contributed by atoms with van der Waals surface area (Å²) in [5.41, 5.74) is -0.0887. The molecule has 6 nitrogen and oxygen atoms in total. The molecule has 0 fully saturated rings. The summed E-state index contributed by atoms with van der Waals surface area (Å²) < 4.78 is 0.574. The molecule has 0 aliphatic rings. The maximum absolute atomic E-state index is 11.6. The summed E-state index contributed by atoms with van der Waals surface area (Å²) in [7, 11) is 0. The first-order valence-corrected chi connectivity index (χ1v) is 5.55. The Labute approximate surface area is 105 Å². The Kier molecular flexibility index (Phi) is 4.06. The molecule has 1 rings (SSSR count). The molecule has 0 bridgehead atoms. The predicted molar refractivity (Wildman–Crippen MR) is 64.1 cm³/mol. The number of aromatic amines is 1. The second kappa shape index (κ2) is 5.13. The first-order valence-electron chi connectivity index (χ1n) is 4.76. The number of aliphatic carboxylic acids is 1. The number of aromatic nitrogens is 1. The van der Waals surface area contributed by atoms with Crippen molar-refractivity contribution in [2.24, 2.45) is 0 Å². The van der Waals surface area contributed by atoms with E-state index in [-0.39, 0.29) is 5.56 Å². The number of hydrogen-bond acceptors (Lipinski definition) is 3. The van der Waals surface area contributed by atoms with Crippen LogP contribution in [0.3, 0.4) is 0 Å². The SMILES string of the molecule is Cc1[nH]c(=O)c(C(=O)N[C@@H](C)C(=O)O)cc1Br. The number of carboxylic acid groups (broad SMARTS) is 1. The van der Waals surface area contributed by atoms with Crippen LogP contribution < -0.4 is 10.9 Å². The highest BCUT2D eigenvalue weighted by atomic mass is 79.9. The third-order valence-corrected chi connectivity index (χ3v) is 2.96.